The molecule has 114 valence electrons. The van der Waals surface area contributed by atoms with Crippen LogP contribution in [0.5, 0.6) is 5.75 Å². The van der Waals surface area contributed by atoms with Gasteiger partial charge in [-0.05, 0) is 24.3 Å². The number of para-hydroxylation sites is 1. The van der Waals surface area contributed by atoms with Crippen LogP contribution in [-0.2, 0) is 4.79 Å². The predicted octanol–water partition coefficient (Wildman–Crippen LogP) is 3.08. The van der Waals surface area contributed by atoms with Gasteiger partial charge in [0.25, 0.3) is 0 Å². The second-order valence-electron chi connectivity index (χ2n) is 5.05. The van der Waals surface area contributed by atoms with Crippen molar-refractivity contribution < 1.29 is 9.53 Å². The number of carbonyl (C=O) groups is 1. The molecule has 2 aromatic carbocycles. The van der Waals surface area contributed by atoms with E-state index in [1.165, 1.54) is 4.70 Å². The molecule has 0 aliphatic heterocycles. The lowest BCUT2D eigenvalue weighted by Gasteiger charge is -2.03. The maximum Gasteiger partial charge on any atom is 0.325 e. The van der Waals surface area contributed by atoms with Crippen molar-refractivity contribution in [1.82, 2.24) is 9.38 Å². The third-order valence-electron chi connectivity index (χ3n) is 3.53. The van der Waals surface area contributed by atoms with Gasteiger partial charge in [0.2, 0.25) is 0 Å². The molecule has 0 aliphatic carbocycles. The van der Waals surface area contributed by atoms with Crippen molar-refractivity contribution in [1.29, 1.82) is 0 Å². The Labute approximate surface area is 135 Å². The number of rotatable bonds is 3. The normalized spacial score (nSPS) is 11.2. The summed E-state index contributed by atoms with van der Waals surface area (Å²) in [5.74, 6) is 0.0122. The Kier molecular flexibility index (Phi) is 3.33. The molecular weight excluding hydrogens is 310 g/mol. The van der Waals surface area contributed by atoms with Crippen molar-refractivity contribution in [2.75, 3.05) is 6.54 Å². The molecule has 6 heteroatoms. The van der Waals surface area contributed by atoms with Crippen LogP contribution in [0.1, 0.15) is 0 Å². The SMILES string of the molecule is NCC(=O)Oc1cccc(-c2cn3c(n2)sc2ccccc23)c1. The smallest absolute Gasteiger partial charge is 0.325 e. The second kappa shape index (κ2) is 5.49. The molecule has 0 bridgehead atoms. The first-order valence-corrected chi connectivity index (χ1v) is 7.94. The highest BCUT2D eigenvalue weighted by Crippen LogP contribution is 2.30. The summed E-state index contributed by atoms with van der Waals surface area (Å²) in [4.78, 5) is 16.9. The van der Waals surface area contributed by atoms with Crippen molar-refractivity contribution in [2.24, 2.45) is 5.73 Å². The minimum atomic E-state index is -0.459. The van der Waals surface area contributed by atoms with Gasteiger partial charge in [-0.2, -0.15) is 0 Å². The fraction of sp³-hybridized carbons (Fsp3) is 0.0588. The Balaban J connectivity index is 1.76. The van der Waals surface area contributed by atoms with Crippen LogP contribution >= 0.6 is 11.3 Å². The number of benzene rings is 2. The number of nitrogens with zero attached hydrogens (tertiary/aromatic N) is 2. The van der Waals surface area contributed by atoms with Gasteiger partial charge < -0.3 is 10.5 Å². The molecule has 0 aliphatic rings. The highest BCUT2D eigenvalue weighted by Gasteiger charge is 2.11. The van der Waals surface area contributed by atoms with Gasteiger partial charge in [0, 0.05) is 11.8 Å². The third-order valence-corrected chi connectivity index (χ3v) is 4.56. The standard InChI is InChI=1S/C17H13N3O2S/c18-9-16(21)22-12-5-3-4-11(8-12)13-10-20-14-6-1-2-7-15(14)23-17(20)19-13/h1-8,10H,9,18H2. The average Bonchev–Trinajstić information content (AvgIpc) is 3.13. The number of fused-ring (bicyclic) bond motifs is 3. The molecule has 0 saturated carbocycles. The number of aromatic nitrogens is 2. The van der Waals surface area contributed by atoms with Crippen molar-refractivity contribution in [3.8, 4) is 17.0 Å². The molecule has 0 spiro atoms. The molecule has 2 heterocycles. The van der Waals surface area contributed by atoms with Gasteiger partial charge in [0.1, 0.15) is 5.75 Å². The lowest BCUT2D eigenvalue weighted by atomic mass is 10.1. The maximum absolute atomic E-state index is 11.3. The van der Waals surface area contributed by atoms with Crippen LogP contribution in [0.4, 0.5) is 0 Å². The van der Waals surface area contributed by atoms with E-state index in [0.717, 1.165) is 21.7 Å². The van der Waals surface area contributed by atoms with Gasteiger partial charge >= 0.3 is 5.97 Å². The van der Waals surface area contributed by atoms with E-state index in [-0.39, 0.29) is 6.54 Å². The quantitative estimate of drug-likeness (QED) is 0.465. The molecule has 0 saturated heterocycles. The van der Waals surface area contributed by atoms with E-state index in [4.69, 9.17) is 10.5 Å². The number of thiazole rings is 1. The summed E-state index contributed by atoms with van der Waals surface area (Å²) in [5.41, 5.74) is 8.14. The van der Waals surface area contributed by atoms with Crippen LogP contribution in [0, 0.1) is 0 Å². The summed E-state index contributed by atoms with van der Waals surface area (Å²) in [6.45, 7) is -0.142. The topological polar surface area (TPSA) is 69.6 Å². The summed E-state index contributed by atoms with van der Waals surface area (Å²) < 4.78 is 8.43. The molecule has 2 N–H and O–H groups in total. The number of hydrogen-bond donors (Lipinski definition) is 1. The molecule has 4 aromatic rings. The third kappa shape index (κ3) is 2.48. The molecule has 0 radical (unpaired) electrons. The Hall–Kier alpha value is -2.70. The van der Waals surface area contributed by atoms with Crippen LogP contribution < -0.4 is 10.5 Å². The van der Waals surface area contributed by atoms with Gasteiger partial charge in [-0.15, -0.1) is 0 Å². The first-order chi connectivity index (χ1) is 11.2. The average molecular weight is 323 g/mol. The number of ether oxygens (including phenoxy) is 1. The zero-order chi connectivity index (χ0) is 15.8. The van der Waals surface area contributed by atoms with E-state index in [2.05, 4.69) is 21.5 Å². The summed E-state index contributed by atoms with van der Waals surface area (Å²) in [6, 6.07) is 15.5. The Morgan fingerprint density at radius 3 is 2.96 bits per heavy atom. The van der Waals surface area contributed by atoms with Crippen LogP contribution in [0.25, 0.3) is 26.4 Å². The molecule has 5 nitrogen and oxygen atoms in total. The van der Waals surface area contributed by atoms with Crippen molar-refractivity contribution in [3.05, 3.63) is 54.7 Å². The first-order valence-electron chi connectivity index (χ1n) is 7.12. The van der Waals surface area contributed by atoms with Crippen LogP contribution in [0.2, 0.25) is 0 Å². The number of imidazole rings is 1. The van der Waals surface area contributed by atoms with Gasteiger partial charge in [0.05, 0.1) is 22.5 Å². The van der Waals surface area contributed by atoms with E-state index in [0.29, 0.717) is 5.75 Å². The molecular formula is C17H13N3O2S. The van der Waals surface area contributed by atoms with Crippen LogP contribution in [0.15, 0.2) is 54.7 Å². The molecule has 4 rings (SSSR count). The number of nitrogens with two attached hydrogens (primary N) is 1. The van der Waals surface area contributed by atoms with Gasteiger partial charge in [-0.25, -0.2) is 4.98 Å². The molecule has 0 atom stereocenters. The fourth-order valence-corrected chi connectivity index (χ4v) is 3.49. The Bertz CT molecular complexity index is 1020. The second-order valence-corrected chi connectivity index (χ2v) is 6.06. The van der Waals surface area contributed by atoms with Gasteiger partial charge in [0.15, 0.2) is 4.96 Å². The highest BCUT2D eigenvalue weighted by atomic mass is 32.1. The molecule has 0 unspecified atom stereocenters. The predicted molar refractivity (Wildman–Crippen MR) is 90.7 cm³/mol. The van der Waals surface area contributed by atoms with Crippen LogP contribution in [-0.4, -0.2) is 21.9 Å². The van der Waals surface area contributed by atoms with E-state index in [1.807, 2.05) is 30.5 Å². The van der Waals surface area contributed by atoms with Gasteiger partial charge in [-0.3, -0.25) is 9.20 Å². The Morgan fingerprint density at radius 2 is 2.09 bits per heavy atom. The minimum absolute atomic E-state index is 0.142. The zero-order valence-electron chi connectivity index (χ0n) is 12.1. The molecule has 23 heavy (non-hydrogen) atoms. The molecule has 0 fully saturated rings. The van der Waals surface area contributed by atoms with Crippen molar-refractivity contribution >= 4 is 32.5 Å². The number of carbonyl (C=O) groups excluding carboxylic acids is 1. The molecule has 2 aromatic heterocycles. The lowest BCUT2D eigenvalue weighted by Crippen LogP contribution is -2.19. The monoisotopic (exact) mass is 323 g/mol. The molecule has 0 amide bonds. The lowest BCUT2D eigenvalue weighted by molar-refractivity contribution is -0.132. The van der Waals surface area contributed by atoms with Gasteiger partial charge in [-0.1, -0.05) is 35.6 Å². The summed E-state index contributed by atoms with van der Waals surface area (Å²) in [5, 5.41) is 0. The maximum atomic E-state index is 11.3. The van der Waals surface area contributed by atoms with Crippen molar-refractivity contribution in [3.63, 3.8) is 0 Å². The fourth-order valence-electron chi connectivity index (χ4n) is 2.48. The van der Waals surface area contributed by atoms with Crippen LogP contribution in [0.3, 0.4) is 0 Å². The van der Waals surface area contributed by atoms with E-state index >= 15 is 0 Å². The van der Waals surface area contributed by atoms with E-state index < -0.39 is 5.97 Å². The largest absolute Gasteiger partial charge is 0.426 e. The van der Waals surface area contributed by atoms with E-state index in [1.54, 1.807) is 23.5 Å². The zero-order valence-corrected chi connectivity index (χ0v) is 12.9. The van der Waals surface area contributed by atoms with E-state index in [9.17, 15) is 4.79 Å². The highest BCUT2D eigenvalue weighted by molar-refractivity contribution is 7.23. The summed E-state index contributed by atoms with van der Waals surface area (Å²) >= 11 is 1.65. The summed E-state index contributed by atoms with van der Waals surface area (Å²) in [7, 11) is 0. The first kappa shape index (κ1) is 13.9. The number of hydrogen-bond acceptors (Lipinski definition) is 5. The Morgan fingerprint density at radius 1 is 1.22 bits per heavy atom. The van der Waals surface area contributed by atoms with Crippen molar-refractivity contribution in [2.45, 2.75) is 0 Å². The number of esters is 1. The minimum Gasteiger partial charge on any atom is -0.426 e. The summed E-state index contributed by atoms with van der Waals surface area (Å²) in [6.07, 6.45) is 2.00.